The Labute approximate surface area is 225 Å². The smallest absolute Gasteiger partial charge is 0.267 e. The van der Waals surface area contributed by atoms with Crippen LogP contribution in [-0.4, -0.2) is 48.1 Å². The third-order valence-electron chi connectivity index (χ3n) is 5.39. The van der Waals surface area contributed by atoms with E-state index in [1.54, 1.807) is 49.9 Å². The van der Waals surface area contributed by atoms with Gasteiger partial charge in [-0.05, 0) is 77.3 Å². The van der Waals surface area contributed by atoms with Gasteiger partial charge < -0.3 is 23.7 Å². The first-order chi connectivity index (χ1) is 18.4. The van der Waals surface area contributed by atoms with E-state index in [-0.39, 0.29) is 18.2 Å². The van der Waals surface area contributed by atoms with Gasteiger partial charge in [-0.3, -0.25) is 9.69 Å². The summed E-state index contributed by atoms with van der Waals surface area (Å²) in [5.41, 5.74) is 1.46. The molecule has 38 heavy (non-hydrogen) atoms. The van der Waals surface area contributed by atoms with E-state index in [0.29, 0.717) is 51.2 Å². The highest BCUT2D eigenvalue weighted by molar-refractivity contribution is 8.18. The Morgan fingerprint density at radius 1 is 1.05 bits per heavy atom. The van der Waals surface area contributed by atoms with Crippen LogP contribution in [-0.2, 0) is 11.3 Å². The summed E-state index contributed by atoms with van der Waals surface area (Å²) in [6, 6.07) is 13.9. The van der Waals surface area contributed by atoms with Crippen LogP contribution in [0.15, 0.2) is 74.3 Å². The molecule has 1 fully saturated rings. The Hall–Kier alpha value is -4.18. The number of amides is 1. The SMILES string of the molecule is COc1cc(/C=C2\S/C(=N\N=C\c3ccc(OCC(C)C)c(OC)c3)N(Cc3ccco3)C2=O)ccc1O. The number of hydrogen-bond donors (Lipinski definition) is 1. The van der Waals surface area contributed by atoms with Gasteiger partial charge in [0.15, 0.2) is 28.2 Å². The number of carbonyl (C=O) groups excluding carboxylic acids is 1. The number of furan rings is 1. The number of carbonyl (C=O) groups is 1. The van der Waals surface area contributed by atoms with Gasteiger partial charge in [0, 0.05) is 0 Å². The van der Waals surface area contributed by atoms with Crippen molar-refractivity contribution in [2.24, 2.45) is 16.1 Å². The molecule has 0 unspecified atom stereocenters. The number of aromatic hydroxyl groups is 1. The zero-order valence-electron chi connectivity index (χ0n) is 21.6. The molecule has 0 spiro atoms. The van der Waals surface area contributed by atoms with Gasteiger partial charge in [-0.1, -0.05) is 19.9 Å². The average molecular weight is 536 g/mol. The first-order valence-corrected chi connectivity index (χ1v) is 12.7. The molecule has 1 N–H and O–H groups in total. The Bertz CT molecular complexity index is 1360. The standard InChI is InChI=1S/C28H29N3O6S/c1-18(2)17-37-23-10-8-20(13-25(23)35-4)15-29-30-28-31(16-21-6-5-11-36-21)27(33)26(38-28)14-19-7-9-22(32)24(12-19)34-3/h5-15,18,32H,16-17H2,1-4H3/b26-14-,29-15+,30-28-. The molecule has 2 aromatic carbocycles. The minimum absolute atomic E-state index is 0.0206. The van der Waals surface area contributed by atoms with Crippen molar-refractivity contribution in [3.05, 3.63) is 76.6 Å². The second kappa shape index (κ2) is 12.4. The number of benzene rings is 2. The number of thioether (sulfide) groups is 1. The Morgan fingerprint density at radius 2 is 1.82 bits per heavy atom. The summed E-state index contributed by atoms with van der Waals surface area (Å²) in [7, 11) is 3.06. The first-order valence-electron chi connectivity index (χ1n) is 11.9. The molecular formula is C28H29N3O6S. The summed E-state index contributed by atoms with van der Waals surface area (Å²) in [4.78, 5) is 15.2. The van der Waals surface area contributed by atoms with Crippen molar-refractivity contribution >= 4 is 35.1 Å². The van der Waals surface area contributed by atoms with Crippen LogP contribution in [0.1, 0.15) is 30.7 Å². The molecule has 0 aliphatic carbocycles. The lowest BCUT2D eigenvalue weighted by Crippen LogP contribution is -2.28. The van der Waals surface area contributed by atoms with Gasteiger partial charge >= 0.3 is 0 Å². The number of nitrogens with zero attached hydrogens (tertiary/aromatic N) is 3. The van der Waals surface area contributed by atoms with E-state index in [4.69, 9.17) is 18.6 Å². The van der Waals surface area contributed by atoms with E-state index in [1.165, 1.54) is 29.8 Å². The fourth-order valence-electron chi connectivity index (χ4n) is 3.50. The summed E-state index contributed by atoms with van der Waals surface area (Å²) in [6.45, 7) is 4.95. The van der Waals surface area contributed by atoms with Gasteiger partial charge in [-0.2, -0.15) is 5.10 Å². The van der Waals surface area contributed by atoms with Crippen LogP contribution in [0.2, 0.25) is 0 Å². The van der Waals surface area contributed by atoms with Crippen LogP contribution < -0.4 is 14.2 Å². The summed E-state index contributed by atoms with van der Waals surface area (Å²) < 4.78 is 21.9. The number of phenolic OH excluding ortho intramolecular Hbond substituents is 1. The monoisotopic (exact) mass is 535 g/mol. The molecule has 1 amide bonds. The highest BCUT2D eigenvalue weighted by Crippen LogP contribution is 2.35. The largest absolute Gasteiger partial charge is 0.504 e. The summed E-state index contributed by atoms with van der Waals surface area (Å²) in [5, 5.41) is 18.9. The summed E-state index contributed by atoms with van der Waals surface area (Å²) in [5.74, 6) is 2.37. The van der Waals surface area contributed by atoms with E-state index in [1.807, 2.05) is 18.2 Å². The maximum atomic E-state index is 13.3. The minimum Gasteiger partial charge on any atom is -0.504 e. The second-order valence-electron chi connectivity index (χ2n) is 8.75. The summed E-state index contributed by atoms with van der Waals surface area (Å²) in [6.07, 6.45) is 4.86. The molecule has 1 saturated heterocycles. The molecule has 9 nitrogen and oxygen atoms in total. The minimum atomic E-state index is -0.235. The highest BCUT2D eigenvalue weighted by atomic mass is 32.2. The van der Waals surface area contributed by atoms with Gasteiger partial charge in [0.2, 0.25) is 0 Å². The summed E-state index contributed by atoms with van der Waals surface area (Å²) >= 11 is 1.20. The van der Waals surface area contributed by atoms with Crippen LogP contribution in [0.25, 0.3) is 6.08 Å². The van der Waals surface area contributed by atoms with Crippen molar-refractivity contribution in [2.45, 2.75) is 20.4 Å². The van der Waals surface area contributed by atoms with E-state index in [9.17, 15) is 9.90 Å². The fraction of sp³-hybridized carbons (Fsp3) is 0.250. The Balaban J connectivity index is 1.58. The van der Waals surface area contributed by atoms with Crippen LogP contribution in [0.4, 0.5) is 0 Å². The van der Waals surface area contributed by atoms with Gasteiger partial charge in [-0.15, -0.1) is 5.10 Å². The van der Waals surface area contributed by atoms with Crippen molar-refractivity contribution in [3.8, 4) is 23.0 Å². The van der Waals surface area contributed by atoms with Crippen LogP contribution in [0.3, 0.4) is 0 Å². The van der Waals surface area contributed by atoms with Gasteiger partial charge in [0.05, 0.1) is 44.8 Å². The molecule has 1 aromatic heterocycles. The number of hydrogen-bond acceptors (Lipinski definition) is 9. The molecule has 10 heteroatoms. The third kappa shape index (κ3) is 6.57. The van der Waals surface area contributed by atoms with Crippen molar-refractivity contribution in [2.75, 3.05) is 20.8 Å². The second-order valence-corrected chi connectivity index (χ2v) is 9.76. The molecule has 4 rings (SSSR count). The fourth-order valence-corrected chi connectivity index (χ4v) is 4.44. The molecule has 2 heterocycles. The Kier molecular flexibility index (Phi) is 8.75. The molecule has 0 atom stereocenters. The molecular weight excluding hydrogens is 506 g/mol. The molecule has 1 aliphatic heterocycles. The zero-order chi connectivity index (χ0) is 27.1. The van der Waals surface area contributed by atoms with Crippen molar-refractivity contribution in [1.82, 2.24) is 4.90 Å². The predicted molar refractivity (Wildman–Crippen MR) is 148 cm³/mol. The van der Waals surface area contributed by atoms with E-state index in [2.05, 4.69) is 24.1 Å². The van der Waals surface area contributed by atoms with Gasteiger partial charge in [-0.25, -0.2) is 0 Å². The molecule has 198 valence electrons. The lowest BCUT2D eigenvalue weighted by atomic mass is 10.2. The maximum Gasteiger partial charge on any atom is 0.267 e. The number of methoxy groups -OCH3 is 2. The third-order valence-corrected chi connectivity index (χ3v) is 6.39. The molecule has 1 aliphatic rings. The van der Waals surface area contributed by atoms with E-state index < -0.39 is 0 Å². The van der Waals surface area contributed by atoms with E-state index in [0.717, 1.165) is 5.56 Å². The maximum absolute atomic E-state index is 13.3. The predicted octanol–water partition coefficient (Wildman–Crippen LogP) is 5.54. The van der Waals surface area contributed by atoms with Crippen LogP contribution in [0.5, 0.6) is 23.0 Å². The van der Waals surface area contributed by atoms with Gasteiger partial charge in [0.1, 0.15) is 5.76 Å². The number of amidine groups is 1. The molecule has 0 saturated carbocycles. The Morgan fingerprint density at radius 3 is 2.53 bits per heavy atom. The molecule has 3 aromatic rings. The average Bonchev–Trinajstić information content (AvgIpc) is 3.53. The van der Waals surface area contributed by atoms with Crippen molar-refractivity contribution < 1.29 is 28.5 Å². The number of phenols is 1. The van der Waals surface area contributed by atoms with Crippen molar-refractivity contribution in [1.29, 1.82) is 0 Å². The first kappa shape index (κ1) is 26.9. The van der Waals surface area contributed by atoms with E-state index >= 15 is 0 Å². The topological polar surface area (TPSA) is 106 Å². The quantitative estimate of drug-likeness (QED) is 0.206. The lowest BCUT2D eigenvalue weighted by molar-refractivity contribution is -0.122. The molecule has 0 radical (unpaired) electrons. The lowest BCUT2D eigenvalue weighted by Gasteiger charge is -2.13. The van der Waals surface area contributed by atoms with Crippen LogP contribution >= 0.6 is 11.8 Å². The van der Waals surface area contributed by atoms with Crippen LogP contribution in [0, 0.1) is 5.92 Å². The highest BCUT2D eigenvalue weighted by Gasteiger charge is 2.34. The normalized spacial score (nSPS) is 15.8. The number of rotatable bonds is 10. The zero-order valence-corrected chi connectivity index (χ0v) is 22.4. The van der Waals surface area contributed by atoms with Crippen molar-refractivity contribution in [3.63, 3.8) is 0 Å². The number of ether oxygens (including phenoxy) is 3. The van der Waals surface area contributed by atoms with Gasteiger partial charge in [0.25, 0.3) is 5.91 Å². The molecule has 0 bridgehead atoms.